The minimum absolute atomic E-state index is 0.0445. The molecule has 7 nitrogen and oxygen atoms in total. The maximum Gasteiger partial charge on any atom is 0.233 e. The first-order chi connectivity index (χ1) is 14.3. The van der Waals surface area contributed by atoms with Gasteiger partial charge in [0, 0.05) is 19.2 Å². The Hall–Kier alpha value is -2.13. The van der Waals surface area contributed by atoms with E-state index >= 15 is 0 Å². The van der Waals surface area contributed by atoms with Gasteiger partial charge in [0.2, 0.25) is 5.91 Å². The molecule has 1 aromatic carbocycles. The van der Waals surface area contributed by atoms with Crippen LogP contribution in [0.4, 0.5) is 4.39 Å². The van der Waals surface area contributed by atoms with E-state index in [-0.39, 0.29) is 42.1 Å². The number of nitrogens with zero attached hydrogens (tertiary/aromatic N) is 4. The number of ether oxygens (including phenoxy) is 2. The van der Waals surface area contributed by atoms with E-state index < -0.39 is 5.82 Å². The second-order valence-corrected chi connectivity index (χ2v) is 8.51. The highest BCUT2D eigenvalue weighted by atomic mass is 32.2. The zero-order chi connectivity index (χ0) is 22.3. The molecule has 0 aliphatic carbocycles. The first kappa shape index (κ1) is 24.1. The molecule has 0 saturated heterocycles. The summed E-state index contributed by atoms with van der Waals surface area (Å²) in [4.78, 5) is 14.6. The summed E-state index contributed by atoms with van der Waals surface area (Å²) in [6, 6.07) is 6.38. The van der Waals surface area contributed by atoms with Crippen molar-refractivity contribution >= 4 is 17.7 Å². The Labute approximate surface area is 181 Å². The lowest BCUT2D eigenvalue weighted by molar-refractivity contribution is -0.131. The summed E-state index contributed by atoms with van der Waals surface area (Å²) < 4.78 is 26.6. The van der Waals surface area contributed by atoms with E-state index in [0.717, 1.165) is 0 Å². The van der Waals surface area contributed by atoms with Gasteiger partial charge in [-0.1, -0.05) is 23.9 Å². The summed E-state index contributed by atoms with van der Waals surface area (Å²) in [7, 11) is 1.62. The highest BCUT2D eigenvalue weighted by Gasteiger charge is 2.23. The first-order valence-electron chi connectivity index (χ1n) is 10.00. The molecule has 9 heteroatoms. The van der Waals surface area contributed by atoms with Crippen LogP contribution in [0.3, 0.4) is 0 Å². The topological polar surface area (TPSA) is 69.5 Å². The van der Waals surface area contributed by atoms with E-state index in [2.05, 4.69) is 10.2 Å². The van der Waals surface area contributed by atoms with Gasteiger partial charge in [-0.15, -0.1) is 10.2 Å². The van der Waals surface area contributed by atoms with E-state index in [1.165, 1.54) is 17.8 Å². The fraction of sp³-hybridized carbons (Fsp3) is 0.571. The van der Waals surface area contributed by atoms with Crippen LogP contribution in [-0.2, 0) is 16.1 Å². The number of thioether (sulfide) groups is 1. The number of halogens is 1. The average Bonchev–Trinajstić information content (AvgIpc) is 3.08. The number of methoxy groups -OCH3 is 1. The second-order valence-electron chi connectivity index (χ2n) is 7.57. The monoisotopic (exact) mass is 438 g/mol. The predicted molar refractivity (Wildman–Crippen MR) is 115 cm³/mol. The minimum atomic E-state index is -0.434. The van der Waals surface area contributed by atoms with E-state index in [4.69, 9.17) is 9.47 Å². The van der Waals surface area contributed by atoms with E-state index in [1.807, 2.05) is 44.1 Å². The molecule has 0 aliphatic heterocycles. The first-order valence-corrected chi connectivity index (χ1v) is 11.0. The van der Waals surface area contributed by atoms with Crippen molar-refractivity contribution in [1.82, 2.24) is 19.7 Å². The molecule has 1 aromatic heterocycles. The van der Waals surface area contributed by atoms with Crippen molar-refractivity contribution in [2.45, 2.75) is 64.5 Å². The van der Waals surface area contributed by atoms with Crippen molar-refractivity contribution in [3.8, 4) is 5.75 Å². The largest absolute Gasteiger partial charge is 0.483 e. The van der Waals surface area contributed by atoms with Crippen LogP contribution in [-0.4, -0.2) is 57.1 Å². The lowest BCUT2D eigenvalue weighted by Crippen LogP contribution is -2.43. The summed E-state index contributed by atoms with van der Waals surface area (Å²) in [5.74, 6) is 0.560. The van der Waals surface area contributed by atoms with Crippen LogP contribution < -0.4 is 4.74 Å². The van der Waals surface area contributed by atoms with E-state index in [0.29, 0.717) is 17.6 Å². The number of carbonyl (C=O) groups is 1. The summed E-state index contributed by atoms with van der Waals surface area (Å²) in [6.07, 6.45) is 0. The van der Waals surface area contributed by atoms with Crippen LogP contribution >= 0.6 is 11.8 Å². The Bertz CT molecular complexity index is 820. The molecule has 0 bridgehead atoms. The van der Waals surface area contributed by atoms with E-state index in [1.54, 1.807) is 25.3 Å². The Morgan fingerprint density at radius 2 is 1.83 bits per heavy atom. The van der Waals surface area contributed by atoms with Gasteiger partial charge < -0.3 is 14.4 Å². The minimum Gasteiger partial charge on any atom is -0.483 e. The molecule has 1 heterocycles. The van der Waals surface area contributed by atoms with Gasteiger partial charge in [0.25, 0.3) is 0 Å². The van der Waals surface area contributed by atoms with Crippen molar-refractivity contribution < 1.29 is 18.7 Å². The van der Waals surface area contributed by atoms with Gasteiger partial charge >= 0.3 is 0 Å². The second kappa shape index (κ2) is 11.3. The molecule has 166 valence electrons. The highest BCUT2D eigenvalue weighted by molar-refractivity contribution is 7.99. The number of para-hydroxylation sites is 1. The van der Waals surface area contributed by atoms with Crippen molar-refractivity contribution in [1.29, 1.82) is 0 Å². The molecule has 0 fully saturated rings. The lowest BCUT2D eigenvalue weighted by atomic mass is 10.2. The molecule has 0 unspecified atom stereocenters. The molecular formula is C21H31FN4O3S. The Morgan fingerprint density at radius 3 is 2.43 bits per heavy atom. The number of carbonyl (C=O) groups excluding carboxylic acids is 1. The van der Waals surface area contributed by atoms with Crippen LogP contribution in [0.2, 0.25) is 0 Å². The van der Waals surface area contributed by atoms with Crippen LogP contribution in [0.25, 0.3) is 0 Å². The number of hydrogen-bond acceptors (Lipinski definition) is 6. The van der Waals surface area contributed by atoms with Crippen molar-refractivity contribution in [3.63, 3.8) is 0 Å². The predicted octanol–water partition coefficient (Wildman–Crippen LogP) is 3.94. The Kier molecular flexibility index (Phi) is 9.10. The average molecular weight is 439 g/mol. The Balaban J connectivity index is 2.17. The molecule has 0 N–H and O–H groups in total. The van der Waals surface area contributed by atoms with Crippen LogP contribution in [0.15, 0.2) is 29.4 Å². The molecule has 0 spiro atoms. The third kappa shape index (κ3) is 6.18. The zero-order valence-electron chi connectivity index (χ0n) is 18.5. The van der Waals surface area contributed by atoms with Crippen molar-refractivity contribution in [2.24, 2.45) is 0 Å². The maximum atomic E-state index is 13.9. The SMILES string of the molecule is COC[C@H](C)n1c(COc2ccccc2F)nnc1SCC(=O)N(C(C)C)C(C)C. The molecule has 0 radical (unpaired) electrons. The lowest BCUT2D eigenvalue weighted by Gasteiger charge is -2.30. The number of amides is 1. The van der Waals surface area contributed by atoms with Gasteiger partial charge in [-0.05, 0) is 46.8 Å². The number of aromatic nitrogens is 3. The van der Waals surface area contributed by atoms with Gasteiger partial charge in [0.05, 0.1) is 18.4 Å². The third-order valence-electron chi connectivity index (χ3n) is 4.50. The Morgan fingerprint density at radius 1 is 1.17 bits per heavy atom. The number of hydrogen-bond donors (Lipinski definition) is 0. The fourth-order valence-corrected chi connectivity index (χ4v) is 4.26. The van der Waals surface area contributed by atoms with Gasteiger partial charge in [-0.2, -0.15) is 0 Å². The summed E-state index contributed by atoms with van der Waals surface area (Å²) in [5, 5.41) is 9.08. The maximum absolute atomic E-state index is 13.9. The van der Waals surface area contributed by atoms with Crippen LogP contribution in [0.1, 0.15) is 46.5 Å². The standard InChI is InChI=1S/C21H31FN4O3S/c1-14(2)25(15(3)4)20(27)13-30-21-24-23-19(26(21)16(5)11-28-6)12-29-18-10-8-7-9-17(18)22/h7-10,14-16H,11-13H2,1-6H3/t16-/m0/s1. The van der Waals surface area contributed by atoms with Crippen molar-refractivity contribution in [3.05, 3.63) is 35.9 Å². The molecule has 30 heavy (non-hydrogen) atoms. The van der Waals surface area contributed by atoms with Gasteiger partial charge in [0.15, 0.2) is 22.5 Å². The molecule has 0 saturated carbocycles. The van der Waals surface area contributed by atoms with Gasteiger partial charge in [0.1, 0.15) is 6.61 Å². The quantitative estimate of drug-likeness (QED) is 0.495. The number of benzene rings is 1. The molecule has 2 aromatic rings. The summed E-state index contributed by atoms with van der Waals surface area (Å²) in [5.41, 5.74) is 0. The molecule has 0 aliphatic rings. The smallest absolute Gasteiger partial charge is 0.233 e. The van der Waals surface area contributed by atoms with Gasteiger partial charge in [-0.3, -0.25) is 9.36 Å². The number of rotatable bonds is 11. The molecule has 1 amide bonds. The van der Waals surface area contributed by atoms with Crippen LogP contribution in [0, 0.1) is 5.82 Å². The van der Waals surface area contributed by atoms with Crippen LogP contribution in [0.5, 0.6) is 5.75 Å². The molecule has 1 atom stereocenters. The summed E-state index contributed by atoms with van der Waals surface area (Å²) >= 11 is 1.33. The summed E-state index contributed by atoms with van der Waals surface area (Å²) in [6.45, 7) is 10.5. The zero-order valence-corrected chi connectivity index (χ0v) is 19.3. The fourth-order valence-electron chi connectivity index (χ4n) is 3.34. The highest BCUT2D eigenvalue weighted by Crippen LogP contribution is 2.24. The normalized spacial score (nSPS) is 12.4. The third-order valence-corrected chi connectivity index (χ3v) is 5.43. The molecule has 2 rings (SSSR count). The van der Waals surface area contributed by atoms with Crippen molar-refractivity contribution in [2.75, 3.05) is 19.5 Å². The van der Waals surface area contributed by atoms with Gasteiger partial charge in [-0.25, -0.2) is 4.39 Å². The van der Waals surface area contributed by atoms with E-state index in [9.17, 15) is 9.18 Å². The molecular weight excluding hydrogens is 407 g/mol.